The minimum Gasteiger partial charge on any atom is -0.493 e. The summed E-state index contributed by atoms with van der Waals surface area (Å²) in [5, 5.41) is 0. The first-order valence-electron chi connectivity index (χ1n) is 20.6. The van der Waals surface area contributed by atoms with Crippen LogP contribution in [0, 0.1) is 0 Å². The largest absolute Gasteiger partial charge is 0.493 e. The van der Waals surface area contributed by atoms with E-state index in [0.29, 0.717) is 26.4 Å². The first kappa shape index (κ1) is 38.2. The molecule has 1 N–H and O–H groups in total. The van der Waals surface area contributed by atoms with E-state index in [0.717, 1.165) is 107 Å². The summed E-state index contributed by atoms with van der Waals surface area (Å²) in [6, 6.07) is 43.4. The van der Waals surface area contributed by atoms with Crippen molar-refractivity contribution in [2.24, 2.45) is 0 Å². The molecule has 7 aromatic rings. The summed E-state index contributed by atoms with van der Waals surface area (Å²) in [4.78, 5) is 14.1. The molecule has 0 aliphatic carbocycles. The summed E-state index contributed by atoms with van der Waals surface area (Å²) in [5.41, 5.74) is 13.1. The van der Waals surface area contributed by atoms with Gasteiger partial charge in [-0.2, -0.15) is 0 Å². The highest BCUT2D eigenvalue weighted by atomic mass is 16.5. The van der Waals surface area contributed by atoms with Crippen molar-refractivity contribution in [3.05, 3.63) is 150 Å². The highest BCUT2D eigenvalue weighted by molar-refractivity contribution is 6.12. The lowest BCUT2D eigenvalue weighted by atomic mass is 9.92. The van der Waals surface area contributed by atoms with E-state index in [1.165, 1.54) is 0 Å². The molecular weight excluding hydrogens is 745 g/mol. The number of fused-ring (bicyclic) bond motifs is 8. The Kier molecular flexibility index (Phi) is 10.7. The molecule has 5 heterocycles. The first-order chi connectivity index (χ1) is 29.6. The quantitative estimate of drug-likeness (QED) is 0.133. The van der Waals surface area contributed by atoms with E-state index in [-0.39, 0.29) is 0 Å². The summed E-state index contributed by atoms with van der Waals surface area (Å²) >= 11 is 0. The molecular formula is C52H46N4O4. The predicted octanol–water partition coefficient (Wildman–Crippen LogP) is 12.7. The fraction of sp³-hybridized carbons (Fsp3) is 0.154. The number of aromatic nitrogens is 4. The summed E-state index contributed by atoms with van der Waals surface area (Å²) in [5.74, 6) is 2.96. The molecule has 298 valence electrons. The van der Waals surface area contributed by atoms with Gasteiger partial charge in [0.2, 0.25) is 0 Å². The van der Waals surface area contributed by atoms with Crippen LogP contribution in [0.3, 0.4) is 0 Å². The van der Waals surface area contributed by atoms with Gasteiger partial charge < -0.3 is 28.5 Å². The van der Waals surface area contributed by atoms with E-state index in [2.05, 4.69) is 113 Å². The van der Waals surface area contributed by atoms with Crippen LogP contribution < -0.4 is 18.9 Å². The average Bonchev–Trinajstić information content (AvgIpc) is 4.08. The normalized spacial score (nSPS) is 11.8. The molecule has 2 aliphatic heterocycles. The zero-order chi connectivity index (χ0) is 41.0. The number of benzene rings is 4. The molecule has 0 fully saturated rings. The van der Waals surface area contributed by atoms with Crippen LogP contribution in [0.1, 0.15) is 50.5 Å². The van der Waals surface area contributed by atoms with Crippen LogP contribution in [0.2, 0.25) is 0 Å². The number of hydrogen-bond acceptors (Lipinski definition) is 6. The highest BCUT2D eigenvalue weighted by Gasteiger charge is 2.30. The molecule has 9 rings (SSSR count). The lowest BCUT2D eigenvalue weighted by Gasteiger charge is -2.18. The summed E-state index contributed by atoms with van der Waals surface area (Å²) in [6.07, 6.45) is 8.29. The molecule has 8 heteroatoms. The van der Waals surface area contributed by atoms with E-state index in [4.69, 9.17) is 28.9 Å². The van der Waals surface area contributed by atoms with Crippen LogP contribution in [-0.4, -0.2) is 45.9 Å². The maximum Gasteiger partial charge on any atom is 0.143 e. The first-order valence-corrected chi connectivity index (χ1v) is 20.6. The SMILES string of the molecule is CCOc1ccccc1-c1c(-c2ccccc2OCC)c2c(-c3ccccc3OCC)c3nc(cc4ccc(cc5nc(cc1n2-c1ccccc1OCC)C=C5)[nH]4)C=C3. The van der Waals surface area contributed by atoms with E-state index in [1.54, 1.807) is 0 Å². The molecule has 0 saturated carbocycles. The predicted molar refractivity (Wildman–Crippen MR) is 245 cm³/mol. The van der Waals surface area contributed by atoms with Crippen LogP contribution in [0.15, 0.2) is 127 Å². The molecule has 3 aromatic heterocycles. The minimum absolute atomic E-state index is 0.476. The topological polar surface area (TPSA) is 83.4 Å². The zero-order valence-electron chi connectivity index (χ0n) is 34.2. The molecule has 0 amide bonds. The molecule has 0 unspecified atom stereocenters. The van der Waals surface area contributed by atoms with Crippen molar-refractivity contribution >= 4 is 46.4 Å². The van der Waals surface area contributed by atoms with Gasteiger partial charge in [0.1, 0.15) is 23.0 Å². The third-order valence-electron chi connectivity index (χ3n) is 10.4. The van der Waals surface area contributed by atoms with E-state index in [1.807, 2.05) is 76.2 Å². The average molecular weight is 791 g/mol. The van der Waals surface area contributed by atoms with Crippen molar-refractivity contribution < 1.29 is 18.9 Å². The number of hydrogen-bond donors (Lipinski definition) is 1. The third-order valence-corrected chi connectivity index (χ3v) is 10.4. The van der Waals surface area contributed by atoms with Gasteiger partial charge in [-0.25, -0.2) is 9.97 Å². The van der Waals surface area contributed by atoms with Gasteiger partial charge in [-0.3, -0.25) is 0 Å². The van der Waals surface area contributed by atoms with Gasteiger partial charge in [-0.05, 0) is 113 Å². The summed E-state index contributed by atoms with van der Waals surface area (Å²) < 4.78 is 28.3. The van der Waals surface area contributed by atoms with Crippen molar-refractivity contribution in [3.63, 3.8) is 0 Å². The lowest BCUT2D eigenvalue weighted by Crippen LogP contribution is -2.03. The molecule has 0 atom stereocenters. The summed E-state index contributed by atoms with van der Waals surface area (Å²) in [6.45, 7) is 9.98. The second-order valence-electron chi connectivity index (χ2n) is 14.2. The van der Waals surface area contributed by atoms with E-state index in [9.17, 15) is 0 Å². The fourth-order valence-electron chi connectivity index (χ4n) is 8.13. The van der Waals surface area contributed by atoms with Crippen molar-refractivity contribution in [1.82, 2.24) is 19.5 Å². The molecule has 8 bridgehead atoms. The lowest BCUT2D eigenvalue weighted by molar-refractivity contribution is 0.339. The van der Waals surface area contributed by atoms with E-state index < -0.39 is 0 Å². The van der Waals surface area contributed by atoms with Crippen molar-refractivity contribution in [2.75, 3.05) is 26.4 Å². The van der Waals surface area contributed by atoms with Crippen LogP contribution in [0.5, 0.6) is 23.0 Å². The number of aromatic amines is 1. The zero-order valence-corrected chi connectivity index (χ0v) is 34.2. The van der Waals surface area contributed by atoms with Gasteiger partial charge in [0.15, 0.2) is 0 Å². The maximum atomic E-state index is 6.53. The third kappa shape index (κ3) is 7.21. The molecule has 0 saturated heterocycles. The minimum atomic E-state index is 0.476. The van der Waals surface area contributed by atoms with Crippen LogP contribution >= 0.6 is 0 Å². The Bertz CT molecular complexity index is 2960. The molecule has 8 nitrogen and oxygen atoms in total. The Morgan fingerprint density at radius 3 is 1.48 bits per heavy atom. The number of nitrogens with one attached hydrogen (secondary N) is 1. The Labute approximate surface area is 350 Å². The summed E-state index contributed by atoms with van der Waals surface area (Å²) in [7, 11) is 0. The van der Waals surface area contributed by atoms with Gasteiger partial charge in [-0.1, -0.05) is 66.7 Å². The standard InChI is InChI=1S/C52H46N4O4/c1-5-57-45-21-13-9-17-39(45)49-42-30-29-37(55-42)32-36-26-25-34(53-36)31-35-27-28-38(54-35)33-44-50(40-18-10-14-22-46(40)58-6-2)51(41-19-11-15-23-47(41)59-7-3)52(49)56(44)43-20-12-16-24-48(43)60-8-4/h9-33,53H,5-8H2,1-4H3. The van der Waals surface area contributed by atoms with Gasteiger partial charge >= 0.3 is 0 Å². The Morgan fingerprint density at radius 2 is 0.900 bits per heavy atom. The van der Waals surface area contributed by atoms with Gasteiger partial charge in [-0.15, -0.1) is 0 Å². The second kappa shape index (κ2) is 16.9. The van der Waals surface area contributed by atoms with Gasteiger partial charge in [0.05, 0.1) is 65.9 Å². The Hall–Kier alpha value is -7.32. The monoisotopic (exact) mass is 790 g/mol. The second-order valence-corrected chi connectivity index (χ2v) is 14.2. The number of para-hydroxylation sites is 5. The molecule has 0 spiro atoms. The maximum absolute atomic E-state index is 6.53. The van der Waals surface area contributed by atoms with Crippen molar-refractivity contribution in [1.29, 1.82) is 0 Å². The molecule has 60 heavy (non-hydrogen) atoms. The smallest absolute Gasteiger partial charge is 0.143 e. The number of rotatable bonds is 12. The number of ether oxygens (including phenoxy) is 4. The Morgan fingerprint density at radius 1 is 0.450 bits per heavy atom. The molecule has 2 aliphatic rings. The van der Waals surface area contributed by atoms with Gasteiger partial charge in [0, 0.05) is 44.4 Å². The molecule has 0 radical (unpaired) electrons. The van der Waals surface area contributed by atoms with Crippen molar-refractivity contribution in [2.45, 2.75) is 27.7 Å². The van der Waals surface area contributed by atoms with E-state index >= 15 is 0 Å². The Balaban J connectivity index is 1.66. The van der Waals surface area contributed by atoms with Gasteiger partial charge in [0.25, 0.3) is 0 Å². The van der Waals surface area contributed by atoms with Crippen LogP contribution in [0.4, 0.5) is 0 Å². The van der Waals surface area contributed by atoms with Crippen LogP contribution in [0.25, 0.3) is 85.4 Å². The van der Waals surface area contributed by atoms with Crippen LogP contribution in [-0.2, 0) is 0 Å². The highest BCUT2D eigenvalue weighted by Crippen LogP contribution is 2.52. The van der Waals surface area contributed by atoms with Crippen molar-refractivity contribution in [3.8, 4) is 62.1 Å². The number of H-pyrrole nitrogens is 1. The fourth-order valence-corrected chi connectivity index (χ4v) is 8.13. The number of nitrogens with zero attached hydrogens (tertiary/aromatic N) is 3. The molecule has 4 aromatic carbocycles.